The Bertz CT molecular complexity index is 477. The van der Waals surface area contributed by atoms with Gasteiger partial charge in [-0.2, -0.15) is 5.26 Å². The zero-order chi connectivity index (χ0) is 12.5. The van der Waals surface area contributed by atoms with Crippen LogP contribution in [0.1, 0.15) is 19.4 Å². The zero-order valence-corrected chi connectivity index (χ0v) is 10.7. The molecule has 1 aromatic carbocycles. The molecule has 0 fully saturated rings. The lowest BCUT2D eigenvalue weighted by atomic mass is 9.97. The van der Waals surface area contributed by atoms with Gasteiger partial charge in [0.15, 0.2) is 11.5 Å². The Morgan fingerprint density at radius 3 is 2.47 bits per heavy atom. The molecular weight excluding hydrogens is 238 g/mol. The van der Waals surface area contributed by atoms with Crippen LogP contribution in [0.3, 0.4) is 0 Å². The van der Waals surface area contributed by atoms with E-state index < -0.39 is 0 Å². The molecule has 0 unspecified atom stereocenters. The average Bonchev–Trinajstić information content (AvgIpc) is 2.40. The highest BCUT2D eigenvalue weighted by molar-refractivity contribution is 6.31. The van der Waals surface area contributed by atoms with Crippen LogP contribution in [0, 0.1) is 16.7 Å². The second kappa shape index (κ2) is 4.46. The van der Waals surface area contributed by atoms with Crippen LogP contribution >= 0.6 is 11.6 Å². The van der Waals surface area contributed by atoms with Gasteiger partial charge in [0.05, 0.1) is 25.7 Å². The lowest BCUT2D eigenvalue weighted by Gasteiger charge is -2.19. The third-order valence-corrected chi connectivity index (χ3v) is 2.97. The molecular formula is C13H14ClNO2. The molecule has 0 radical (unpaired) electrons. The fraction of sp³-hybridized carbons (Fsp3) is 0.462. The van der Waals surface area contributed by atoms with E-state index in [0.29, 0.717) is 29.7 Å². The van der Waals surface area contributed by atoms with E-state index in [1.807, 2.05) is 0 Å². The molecule has 0 spiro atoms. The summed E-state index contributed by atoms with van der Waals surface area (Å²) in [5.74, 6) is 1.33. The van der Waals surface area contributed by atoms with Crippen molar-refractivity contribution in [2.75, 3.05) is 13.2 Å². The number of hydrogen-bond donors (Lipinski definition) is 0. The van der Waals surface area contributed by atoms with E-state index in [4.69, 9.17) is 26.3 Å². The van der Waals surface area contributed by atoms with Crippen LogP contribution < -0.4 is 9.47 Å². The Morgan fingerprint density at radius 1 is 1.29 bits per heavy atom. The summed E-state index contributed by atoms with van der Waals surface area (Å²) in [4.78, 5) is 0. The number of nitrogens with zero attached hydrogens (tertiary/aromatic N) is 1. The first-order valence-corrected chi connectivity index (χ1v) is 5.85. The Kier molecular flexibility index (Phi) is 3.17. The summed E-state index contributed by atoms with van der Waals surface area (Å²) in [5, 5.41) is 9.26. The molecule has 1 aliphatic heterocycles. The number of rotatable bonds is 1. The molecule has 0 atom stereocenters. The minimum Gasteiger partial charge on any atom is -0.489 e. The Morgan fingerprint density at radius 2 is 1.88 bits per heavy atom. The van der Waals surface area contributed by atoms with E-state index in [2.05, 4.69) is 19.9 Å². The van der Waals surface area contributed by atoms with Crippen molar-refractivity contribution >= 4 is 11.6 Å². The van der Waals surface area contributed by atoms with E-state index in [-0.39, 0.29) is 11.8 Å². The summed E-state index contributed by atoms with van der Waals surface area (Å²) in [6.07, 6.45) is 0.277. The molecule has 0 aromatic heterocycles. The van der Waals surface area contributed by atoms with Gasteiger partial charge >= 0.3 is 0 Å². The van der Waals surface area contributed by atoms with Crippen LogP contribution in [0.15, 0.2) is 12.1 Å². The van der Waals surface area contributed by atoms with Crippen molar-refractivity contribution in [1.82, 2.24) is 0 Å². The van der Waals surface area contributed by atoms with E-state index in [9.17, 15) is 0 Å². The van der Waals surface area contributed by atoms with Gasteiger partial charge in [0, 0.05) is 16.5 Å². The molecule has 0 saturated heterocycles. The second-order valence-corrected chi connectivity index (χ2v) is 5.37. The van der Waals surface area contributed by atoms with Gasteiger partial charge in [0.2, 0.25) is 0 Å². The maximum Gasteiger partial charge on any atom is 0.162 e. The van der Waals surface area contributed by atoms with Crippen molar-refractivity contribution < 1.29 is 9.47 Å². The second-order valence-electron chi connectivity index (χ2n) is 4.97. The maximum atomic E-state index is 8.71. The fourth-order valence-corrected chi connectivity index (χ4v) is 1.83. The van der Waals surface area contributed by atoms with Gasteiger partial charge in [-0.15, -0.1) is 0 Å². The molecule has 0 aliphatic carbocycles. The van der Waals surface area contributed by atoms with Crippen LogP contribution in [-0.2, 0) is 6.42 Å². The van der Waals surface area contributed by atoms with Gasteiger partial charge in [0.1, 0.15) is 0 Å². The summed E-state index contributed by atoms with van der Waals surface area (Å²) in [5.41, 5.74) is 0.747. The SMILES string of the molecule is CC1(C)COc2cc(Cl)c(CC#N)cc2OC1. The highest BCUT2D eigenvalue weighted by Gasteiger charge is 2.25. The molecule has 1 aromatic rings. The molecule has 0 saturated carbocycles. The largest absolute Gasteiger partial charge is 0.489 e. The minimum absolute atomic E-state index is 0.0269. The summed E-state index contributed by atoms with van der Waals surface area (Å²) in [6, 6.07) is 5.60. The normalized spacial score (nSPS) is 17.1. The van der Waals surface area contributed by atoms with Gasteiger partial charge in [-0.05, 0) is 11.6 Å². The minimum atomic E-state index is -0.0269. The molecule has 0 amide bonds. The van der Waals surface area contributed by atoms with Crippen molar-refractivity contribution in [3.8, 4) is 17.6 Å². The molecule has 3 nitrogen and oxygen atoms in total. The quantitative estimate of drug-likeness (QED) is 0.770. The number of hydrogen-bond acceptors (Lipinski definition) is 3. The zero-order valence-electron chi connectivity index (χ0n) is 9.92. The van der Waals surface area contributed by atoms with Crippen molar-refractivity contribution in [3.63, 3.8) is 0 Å². The van der Waals surface area contributed by atoms with Gasteiger partial charge in [-0.1, -0.05) is 25.4 Å². The molecule has 0 bridgehead atoms. The summed E-state index contributed by atoms with van der Waals surface area (Å²) >= 11 is 6.08. The molecule has 90 valence electrons. The highest BCUT2D eigenvalue weighted by atomic mass is 35.5. The van der Waals surface area contributed by atoms with E-state index in [0.717, 1.165) is 5.56 Å². The van der Waals surface area contributed by atoms with Crippen LogP contribution in [0.25, 0.3) is 0 Å². The number of ether oxygens (including phenoxy) is 2. The van der Waals surface area contributed by atoms with E-state index in [1.165, 1.54) is 0 Å². The van der Waals surface area contributed by atoms with Crippen molar-refractivity contribution in [2.45, 2.75) is 20.3 Å². The van der Waals surface area contributed by atoms with Crippen LogP contribution in [0.5, 0.6) is 11.5 Å². The Labute approximate surface area is 106 Å². The van der Waals surface area contributed by atoms with Gasteiger partial charge < -0.3 is 9.47 Å². The number of nitriles is 1. The van der Waals surface area contributed by atoms with Gasteiger partial charge in [0.25, 0.3) is 0 Å². The first-order chi connectivity index (χ1) is 8.02. The number of halogens is 1. The standard InChI is InChI=1S/C13H14ClNO2/c1-13(2)7-16-11-5-9(3-4-15)10(14)6-12(11)17-8-13/h5-6H,3,7-8H2,1-2H3. The first kappa shape index (κ1) is 12.1. The molecule has 4 heteroatoms. The topological polar surface area (TPSA) is 42.2 Å². The predicted octanol–water partition coefficient (Wildman–Crippen LogP) is 3.20. The molecule has 17 heavy (non-hydrogen) atoms. The monoisotopic (exact) mass is 251 g/mol. The summed E-state index contributed by atoms with van der Waals surface area (Å²) in [6.45, 7) is 5.34. The average molecular weight is 252 g/mol. The van der Waals surface area contributed by atoms with Crippen LogP contribution in [0.4, 0.5) is 0 Å². The smallest absolute Gasteiger partial charge is 0.162 e. The maximum absolute atomic E-state index is 8.71. The molecule has 1 aliphatic rings. The first-order valence-electron chi connectivity index (χ1n) is 5.47. The number of fused-ring (bicyclic) bond motifs is 1. The van der Waals surface area contributed by atoms with Crippen molar-refractivity contribution in [2.24, 2.45) is 5.41 Å². The molecule has 2 rings (SSSR count). The number of benzene rings is 1. The Balaban J connectivity index is 2.35. The summed E-state index contributed by atoms with van der Waals surface area (Å²) < 4.78 is 11.4. The van der Waals surface area contributed by atoms with E-state index >= 15 is 0 Å². The van der Waals surface area contributed by atoms with Crippen molar-refractivity contribution in [1.29, 1.82) is 5.26 Å². The lowest BCUT2D eigenvalue weighted by Crippen LogP contribution is -2.26. The third kappa shape index (κ3) is 2.65. The van der Waals surface area contributed by atoms with Crippen LogP contribution in [0.2, 0.25) is 5.02 Å². The molecule has 0 N–H and O–H groups in total. The fourth-order valence-electron chi connectivity index (χ4n) is 1.61. The molecule has 1 heterocycles. The summed E-state index contributed by atoms with van der Waals surface area (Å²) in [7, 11) is 0. The Hall–Kier alpha value is -1.40. The van der Waals surface area contributed by atoms with Crippen LogP contribution in [-0.4, -0.2) is 13.2 Å². The van der Waals surface area contributed by atoms with Gasteiger partial charge in [-0.3, -0.25) is 0 Å². The highest BCUT2D eigenvalue weighted by Crippen LogP contribution is 2.37. The van der Waals surface area contributed by atoms with Gasteiger partial charge in [-0.25, -0.2) is 0 Å². The van der Waals surface area contributed by atoms with E-state index in [1.54, 1.807) is 12.1 Å². The van der Waals surface area contributed by atoms with Crippen molar-refractivity contribution in [3.05, 3.63) is 22.7 Å². The predicted molar refractivity (Wildman–Crippen MR) is 65.5 cm³/mol. The lowest BCUT2D eigenvalue weighted by molar-refractivity contribution is 0.140. The third-order valence-electron chi connectivity index (χ3n) is 2.62.